The molecule has 5 nitrogen and oxygen atoms in total. The van der Waals surface area contributed by atoms with Gasteiger partial charge in [0, 0.05) is 22.4 Å². The summed E-state index contributed by atoms with van der Waals surface area (Å²) in [7, 11) is 0. The fourth-order valence-corrected chi connectivity index (χ4v) is 5.56. The first-order valence-electron chi connectivity index (χ1n) is 9.71. The molecule has 3 fully saturated rings. The second kappa shape index (κ2) is 5.96. The van der Waals surface area contributed by atoms with Gasteiger partial charge in [0.2, 0.25) is 5.91 Å². The van der Waals surface area contributed by atoms with E-state index in [0.717, 1.165) is 29.3 Å². The number of nitrogens with one attached hydrogen (secondary N) is 2. The van der Waals surface area contributed by atoms with Crippen molar-refractivity contribution >= 4 is 28.4 Å². The summed E-state index contributed by atoms with van der Waals surface area (Å²) in [6.45, 7) is 0. The molecule has 0 radical (unpaired) electrons. The average Bonchev–Trinajstić information content (AvgIpc) is 3.01. The molecule has 3 N–H and O–H groups in total. The Morgan fingerprint density at radius 1 is 1.23 bits per heavy atom. The molecule has 3 aliphatic rings. The highest BCUT2D eigenvalue weighted by Crippen LogP contribution is 2.60. The summed E-state index contributed by atoms with van der Waals surface area (Å²) < 4.78 is 0. The fraction of sp³-hybridized carbons (Fsp3) is 0.600. The van der Waals surface area contributed by atoms with Gasteiger partial charge in [0.05, 0.1) is 17.3 Å². The van der Waals surface area contributed by atoms with Gasteiger partial charge in [0.25, 0.3) is 0 Å². The van der Waals surface area contributed by atoms with Crippen molar-refractivity contribution in [3.63, 3.8) is 0 Å². The van der Waals surface area contributed by atoms with Crippen molar-refractivity contribution in [3.05, 3.63) is 28.9 Å². The largest absolute Gasteiger partial charge is 0.385 e. The highest BCUT2D eigenvalue weighted by molar-refractivity contribution is 6.31. The molecule has 0 aliphatic heterocycles. The van der Waals surface area contributed by atoms with E-state index >= 15 is 0 Å². The highest BCUT2D eigenvalue weighted by Gasteiger charge is 2.62. The number of halogens is 1. The maximum Gasteiger partial charge on any atom is 0.223 e. The lowest BCUT2D eigenvalue weighted by atomic mass is 9.86. The first kappa shape index (κ1) is 16.6. The highest BCUT2D eigenvalue weighted by atomic mass is 35.5. The van der Waals surface area contributed by atoms with Crippen molar-refractivity contribution in [2.75, 3.05) is 0 Å². The standard InChI is InChI=1S/C20H24ClN3O2/c21-12-6-16(15-10-22-24-17(15)7-12)20(26)8-13-14(9-20)18(13)23-19(25)11-4-2-1-3-5-11/h6-7,10-11,13-14,18,26H,1-5,8-9H2,(H,22,24)(H,23,25). The van der Waals surface area contributed by atoms with Crippen LogP contribution in [0.25, 0.3) is 10.9 Å². The van der Waals surface area contributed by atoms with Crippen LogP contribution in [0, 0.1) is 17.8 Å². The summed E-state index contributed by atoms with van der Waals surface area (Å²) in [5, 5.41) is 23.1. The van der Waals surface area contributed by atoms with Crippen molar-refractivity contribution in [3.8, 4) is 0 Å². The van der Waals surface area contributed by atoms with Crippen LogP contribution in [0.15, 0.2) is 18.3 Å². The number of aromatic amines is 1. The van der Waals surface area contributed by atoms with Crippen LogP contribution in [0.4, 0.5) is 0 Å². The van der Waals surface area contributed by atoms with Gasteiger partial charge in [-0.05, 0) is 55.2 Å². The Kier molecular flexibility index (Phi) is 3.80. The maximum atomic E-state index is 12.5. The van der Waals surface area contributed by atoms with E-state index in [4.69, 9.17) is 11.6 Å². The number of nitrogens with zero attached hydrogens (tertiary/aromatic N) is 1. The maximum absolute atomic E-state index is 12.5. The number of rotatable bonds is 3. The van der Waals surface area contributed by atoms with Crippen LogP contribution in [0.2, 0.25) is 5.02 Å². The molecular formula is C20H24ClN3O2. The van der Waals surface area contributed by atoms with Crippen LogP contribution in [0.1, 0.15) is 50.5 Å². The zero-order valence-electron chi connectivity index (χ0n) is 14.7. The molecule has 1 heterocycles. The van der Waals surface area contributed by atoms with Gasteiger partial charge in [-0.1, -0.05) is 30.9 Å². The predicted molar refractivity (Wildman–Crippen MR) is 99.7 cm³/mol. The van der Waals surface area contributed by atoms with Gasteiger partial charge in [-0.2, -0.15) is 5.10 Å². The van der Waals surface area contributed by atoms with Crippen LogP contribution in [-0.2, 0) is 10.4 Å². The summed E-state index contributed by atoms with van der Waals surface area (Å²) >= 11 is 6.24. The van der Waals surface area contributed by atoms with Gasteiger partial charge >= 0.3 is 0 Å². The van der Waals surface area contributed by atoms with E-state index in [2.05, 4.69) is 15.5 Å². The Hall–Kier alpha value is -1.59. The molecule has 5 rings (SSSR count). The zero-order valence-corrected chi connectivity index (χ0v) is 15.4. The minimum absolute atomic E-state index is 0.197. The first-order valence-corrected chi connectivity index (χ1v) is 10.1. The number of benzene rings is 1. The van der Waals surface area contributed by atoms with E-state index in [1.54, 1.807) is 6.20 Å². The molecule has 3 aliphatic carbocycles. The van der Waals surface area contributed by atoms with Gasteiger partial charge < -0.3 is 10.4 Å². The summed E-state index contributed by atoms with van der Waals surface area (Å²) in [5.41, 5.74) is 0.830. The molecule has 2 atom stereocenters. The molecule has 0 bridgehead atoms. The lowest BCUT2D eigenvalue weighted by molar-refractivity contribution is -0.126. The van der Waals surface area contributed by atoms with Crippen LogP contribution in [-0.4, -0.2) is 27.3 Å². The Balaban J connectivity index is 1.29. The number of amides is 1. The summed E-state index contributed by atoms with van der Waals surface area (Å²) in [6, 6.07) is 3.93. The number of fused-ring (bicyclic) bond motifs is 2. The number of carbonyl (C=O) groups excluding carboxylic acids is 1. The SMILES string of the molecule is O=C(NC1C2CC(O)(c3cc(Cl)cc4[nH]ncc34)CC21)C1CCCCC1. The van der Waals surface area contributed by atoms with E-state index in [1.165, 1.54) is 19.3 Å². The number of carbonyl (C=O) groups is 1. The Morgan fingerprint density at radius 3 is 2.69 bits per heavy atom. The number of aromatic nitrogens is 2. The van der Waals surface area contributed by atoms with E-state index in [1.807, 2.05) is 12.1 Å². The van der Waals surface area contributed by atoms with Crippen LogP contribution in [0.3, 0.4) is 0 Å². The van der Waals surface area contributed by atoms with Gasteiger partial charge in [-0.25, -0.2) is 0 Å². The molecular weight excluding hydrogens is 350 g/mol. The molecule has 0 saturated heterocycles. The van der Waals surface area contributed by atoms with Crippen LogP contribution >= 0.6 is 11.6 Å². The second-order valence-corrected chi connectivity index (χ2v) is 8.86. The quantitative estimate of drug-likeness (QED) is 0.770. The average molecular weight is 374 g/mol. The van der Waals surface area contributed by atoms with Gasteiger partial charge in [-0.3, -0.25) is 9.89 Å². The Bertz CT molecular complexity index is 846. The Labute approximate surface area is 157 Å². The van der Waals surface area contributed by atoms with E-state index < -0.39 is 5.60 Å². The molecule has 6 heteroatoms. The Morgan fingerprint density at radius 2 is 1.96 bits per heavy atom. The molecule has 1 aromatic heterocycles. The normalized spacial score (nSPS) is 34.0. The zero-order chi connectivity index (χ0) is 17.9. The van der Waals surface area contributed by atoms with Crippen molar-refractivity contribution < 1.29 is 9.90 Å². The van der Waals surface area contributed by atoms with Gasteiger partial charge in [0.1, 0.15) is 0 Å². The van der Waals surface area contributed by atoms with Crippen LogP contribution in [0.5, 0.6) is 0 Å². The molecule has 2 aromatic rings. The molecule has 1 amide bonds. The van der Waals surface area contributed by atoms with Crippen molar-refractivity contribution in [2.24, 2.45) is 17.8 Å². The fourth-order valence-electron chi connectivity index (χ4n) is 5.35. The topological polar surface area (TPSA) is 78.0 Å². The van der Waals surface area contributed by atoms with Crippen molar-refractivity contribution in [2.45, 2.75) is 56.6 Å². The van der Waals surface area contributed by atoms with Crippen LogP contribution < -0.4 is 5.32 Å². The minimum Gasteiger partial charge on any atom is -0.385 e. The van der Waals surface area contributed by atoms with E-state index in [9.17, 15) is 9.90 Å². The molecule has 3 saturated carbocycles. The molecule has 1 aromatic carbocycles. The second-order valence-electron chi connectivity index (χ2n) is 8.42. The third-order valence-electron chi connectivity index (χ3n) is 6.79. The summed E-state index contributed by atoms with van der Waals surface area (Å²) in [6.07, 6.45) is 8.76. The third-order valence-corrected chi connectivity index (χ3v) is 7.01. The number of aliphatic hydroxyl groups is 1. The molecule has 138 valence electrons. The van der Waals surface area contributed by atoms with Gasteiger partial charge in [0.15, 0.2) is 0 Å². The molecule has 0 spiro atoms. The molecule has 2 unspecified atom stereocenters. The van der Waals surface area contributed by atoms with E-state index in [0.29, 0.717) is 29.7 Å². The third kappa shape index (κ3) is 2.64. The van der Waals surface area contributed by atoms with Crippen molar-refractivity contribution in [1.29, 1.82) is 0 Å². The summed E-state index contributed by atoms with van der Waals surface area (Å²) in [5.74, 6) is 1.16. The number of hydrogen-bond donors (Lipinski definition) is 3. The number of H-pyrrole nitrogens is 1. The minimum atomic E-state index is -0.881. The smallest absolute Gasteiger partial charge is 0.223 e. The monoisotopic (exact) mass is 373 g/mol. The predicted octanol–water partition coefficient (Wildman–Crippen LogP) is 3.51. The first-order chi connectivity index (χ1) is 12.5. The molecule has 26 heavy (non-hydrogen) atoms. The lowest BCUT2D eigenvalue weighted by Crippen LogP contribution is -2.37. The summed E-state index contributed by atoms with van der Waals surface area (Å²) in [4.78, 5) is 12.5. The lowest BCUT2D eigenvalue weighted by Gasteiger charge is -2.28. The van der Waals surface area contributed by atoms with E-state index in [-0.39, 0.29) is 17.9 Å². The van der Waals surface area contributed by atoms with Crippen molar-refractivity contribution in [1.82, 2.24) is 15.5 Å². The number of hydrogen-bond acceptors (Lipinski definition) is 3. The van der Waals surface area contributed by atoms with Gasteiger partial charge in [-0.15, -0.1) is 0 Å².